The molecule has 0 fully saturated rings. The van der Waals surface area contributed by atoms with Gasteiger partial charge in [0.25, 0.3) is 0 Å². The van der Waals surface area contributed by atoms with Crippen LogP contribution < -0.4 is 11.5 Å². The van der Waals surface area contributed by atoms with Crippen molar-refractivity contribution in [3.63, 3.8) is 0 Å². The van der Waals surface area contributed by atoms with Gasteiger partial charge in [0.05, 0.1) is 5.02 Å². The number of nitrogens with zero attached hydrogens (tertiary/aromatic N) is 1. The first-order valence-electron chi connectivity index (χ1n) is 4.09. The molecule has 5 heteroatoms. The highest BCUT2D eigenvalue weighted by atomic mass is 79.9. The molecule has 1 rings (SSSR count). The van der Waals surface area contributed by atoms with Crippen LogP contribution in [-0.2, 0) is 6.42 Å². The summed E-state index contributed by atoms with van der Waals surface area (Å²) >= 11 is 9.24. The second-order valence-corrected chi connectivity index (χ2v) is 4.07. The van der Waals surface area contributed by atoms with Gasteiger partial charge in [0, 0.05) is 11.0 Å². The van der Waals surface area contributed by atoms with E-state index in [1.165, 1.54) is 0 Å². The maximum atomic E-state index is 5.92. The van der Waals surface area contributed by atoms with Gasteiger partial charge >= 0.3 is 0 Å². The van der Waals surface area contributed by atoms with E-state index in [0.29, 0.717) is 11.6 Å². The summed E-state index contributed by atoms with van der Waals surface area (Å²) in [5, 5.41) is 0.701. The van der Waals surface area contributed by atoms with E-state index < -0.39 is 0 Å². The van der Waals surface area contributed by atoms with Crippen molar-refractivity contribution < 1.29 is 0 Å². The third-order valence-electron chi connectivity index (χ3n) is 1.68. The summed E-state index contributed by atoms with van der Waals surface area (Å²) in [5.41, 5.74) is 11.5. The van der Waals surface area contributed by atoms with Crippen molar-refractivity contribution in [3.8, 4) is 0 Å². The lowest BCUT2D eigenvalue weighted by molar-refractivity contribution is 0.962. The van der Waals surface area contributed by atoms with Crippen LogP contribution in [0.4, 0.5) is 0 Å². The van der Waals surface area contributed by atoms with E-state index in [9.17, 15) is 0 Å². The second kappa shape index (κ2) is 5.22. The van der Waals surface area contributed by atoms with Crippen LogP contribution in [0, 0.1) is 0 Å². The quantitative estimate of drug-likeness (QED) is 0.654. The van der Waals surface area contributed by atoms with Gasteiger partial charge in [0.15, 0.2) is 5.96 Å². The van der Waals surface area contributed by atoms with Crippen LogP contribution in [-0.4, -0.2) is 12.5 Å². The normalized spacial score (nSPS) is 9.86. The van der Waals surface area contributed by atoms with Crippen molar-refractivity contribution in [2.75, 3.05) is 6.54 Å². The van der Waals surface area contributed by atoms with Crippen LogP contribution in [0.3, 0.4) is 0 Å². The summed E-state index contributed by atoms with van der Waals surface area (Å²) in [7, 11) is 0. The molecule has 0 spiro atoms. The fourth-order valence-corrected chi connectivity index (χ4v) is 1.46. The van der Waals surface area contributed by atoms with Crippen LogP contribution >= 0.6 is 27.5 Å². The summed E-state index contributed by atoms with van der Waals surface area (Å²) in [6.07, 6.45) is 0.783. The number of rotatable bonds is 3. The minimum atomic E-state index is 0.119. The van der Waals surface area contributed by atoms with Gasteiger partial charge in [-0.2, -0.15) is 0 Å². The SMILES string of the molecule is NC(N)=NCCc1ccc(Br)c(Cl)c1. The van der Waals surface area contributed by atoms with Crippen LogP contribution in [0.15, 0.2) is 27.7 Å². The van der Waals surface area contributed by atoms with Crippen molar-refractivity contribution in [1.29, 1.82) is 0 Å². The van der Waals surface area contributed by atoms with Crippen molar-refractivity contribution in [3.05, 3.63) is 33.3 Å². The van der Waals surface area contributed by atoms with E-state index in [0.717, 1.165) is 16.5 Å². The molecule has 1 aromatic rings. The molecule has 0 aromatic heterocycles. The second-order valence-electron chi connectivity index (χ2n) is 2.81. The Kier molecular flexibility index (Phi) is 4.22. The Morgan fingerprint density at radius 3 is 2.71 bits per heavy atom. The van der Waals surface area contributed by atoms with Crippen LogP contribution in [0.25, 0.3) is 0 Å². The van der Waals surface area contributed by atoms with Gasteiger partial charge in [0.2, 0.25) is 0 Å². The number of benzene rings is 1. The van der Waals surface area contributed by atoms with E-state index in [4.69, 9.17) is 23.1 Å². The number of hydrogen-bond acceptors (Lipinski definition) is 1. The monoisotopic (exact) mass is 275 g/mol. The smallest absolute Gasteiger partial charge is 0.185 e. The van der Waals surface area contributed by atoms with E-state index in [1.807, 2.05) is 18.2 Å². The molecule has 0 bridgehead atoms. The third kappa shape index (κ3) is 3.55. The lowest BCUT2D eigenvalue weighted by atomic mass is 10.1. The molecule has 0 unspecified atom stereocenters. The number of halogens is 2. The van der Waals surface area contributed by atoms with E-state index in [1.54, 1.807) is 0 Å². The molecule has 0 aliphatic carbocycles. The molecule has 4 N–H and O–H groups in total. The van der Waals surface area contributed by atoms with E-state index in [-0.39, 0.29) is 5.96 Å². The molecule has 3 nitrogen and oxygen atoms in total. The molecular weight excluding hydrogens is 265 g/mol. The van der Waals surface area contributed by atoms with Gasteiger partial charge in [-0.15, -0.1) is 0 Å². The Bertz CT molecular complexity index is 348. The van der Waals surface area contributed by atoms with Crippen LogP contribution in [0.5, 0.6) is 0 Å². The topological polar surface area (TPSA) is 64.4 Å². The van der Waals surface area contributed by atoms with Crippen LogP contribution in [0.2, 0.25) is 5.02 Å². The number of hydrogen-bond donors (Lipinski definition) is 2. The maximum Gasteiger partial charge on any atom is 0.185 e. The zero-order chi connectivity index (χ0) is 10.6. The molecule has 0 radical (unpaired) electrons. The largest absolute Gasteiger partial charge is 0.370 e. The molecule has 0 amide bonds. The third-order valence-corrected chi connectivity index (χ3v) is 2.91. The van der Waals surface area contributed by atoms with Crippen molar-refractivity contribution in [2.24, 2.45) is 16.5 Å². The molecule has 0 aliphatic heterocycles. The highest BCUT2D eigenvalue weighted by Gasteiger charge is 1.98. The molecule has 0 aliphatic rings. The number of nitrogens with two attached hydrogens (primary N) is 2. The first kappa shape index (κ1) is 11.3. The lowest BCUT2D eigenvalue weighted by Crippen LogP contribution is -2.23. The van der Waals surface area contributed by atoms with E-state index in [2.05, 4.69) is 20.9 Å². The van der Waals surface area contributed by atoms with Crippen molar-refractivity contribution in [1.82, 2.24) is 0 Å². The zero-order valence-corrected chi connectivity index (χ0v) is 9.85. The minimum absolute atomic E-state index is 0.119. The Labute approximate surface area is 96.3 Å². The van der Waals surface area contributed by atoms with Gasteiger partial charge in [-0.05, 0) is 40.0 Å². The molecule has 14 heavy (non-hydrogen) atoms. The predicted octanol–water partition coefficient (Wildman–Crippen LogP) is 1.92. The molecular formula is C9H11BrClN3. The predicted molar refractivity (Wildman–Crippen MR) is 63.5 cm³/mol. The zero-order valence-electron chi connectivity index (χ0n) is 7.50. The first-order chi connectivity index (χ1) is 6.59. The van der Waals surface area contributed by atoms with Crippen LogP contribution in [0.1, 0.15) is 5.56 Å². The summed E-state index contributed by atoms with van der Waals surface area (Å²) in [5.74, 6) is 0.119. The first-order valence-corrected chi connectivity index (χ1v) is 5.26. The highest BCUT2D eigenvalue weighted by Crippen LogP contribution is 2.23. The Morgan fingerprint density at radius 2 is 2.14 bits per heavy atom. The van der Waals surface area contributed by atoms with Crippen molar-refractivity contribution >= 4 is 33.5 Å². The Balaban J connectivity index is 2.60. The van der Waals surface area contributed by atoms with E-state index >= 15 is 0 Å². The standard InChI is InChI=1S/C9H11BrClN3/c10-7-2-1-6(5-8(7)11)3-4-14-9(12)13/h1-2,5H,3-4H2,(H4,12,13,14). The van der Waals surface area contributed by atoms with Gasteiger partial charge < -0.3 is 11.5 Å². The minimum Gasteiger partial charge on any atom is -0.370 e. The molecule has 0 saturated carbocycles. The van der Waals surface area contributed by atoms with Gasteiger partial charge in [-0.25, -0.2) is 0 Å². The number of aliphatic imine (C=N–C) groups is 1. The molecule has 0 heterocycles. The molecule has 0 saturated heterocycles. The Morgan fingerprint density at radius 1 is 1.43 bits per heavy atom. The van der Waals surface area contributed by atoms with Gasteiger partial charge in [-0.1, -0.05) is 17.7 Å². The summed E-state index contributed by atoms with van der Waals surface area (Å²) in [4.78, 5) is 3.89. The Hall–Kier alpha value is -0.740. The maximum absolute atomic E-state index is 5.92. The van der Waals surface area contributed by atoms with Gasteiger partial charge in [0.1, 0.15) is 0 Å². The fourth-order valence-electron chi connectivity index (χ4n) is 1.01. The average molecular weight is 277 g/mol. The number of guanidine groups is 1. The summed E-state index contributed by atoms with van der Waals surface area (Å²) in [6, 6.07) is 5.79. The average Bonchev–Trinajstić information content (AvgIpc) is 2.10. The highest BCUT2D eigenvalue weighted by molar-refractivity contribution is 9.10. The lowest BCUT2D eigenvalue weighted by Gasteiger charge is -2.01. The van der Waals surface area contributed by atoms with Gasteiger partial charge in [-0.3, -0.25) is 4.99 Å². The summed E-state index contributed by atoms with van der Waals surface area (Å²) < 4.78 is 0.893. The van der Waals surface area contributed by atoms with Crippen molar-refractivity contribution in [2.45, 2.75) is 6.42 Å². The molecule has 76 valence electrons. The fraction of sp³-hybridized carbons (Fsp3) is 0.222. The summed E-state index contributed by atoms with van der Waals surface area (Å²) in [6.45, 7) is 0.584. The molecule has 0 atom stereocenters. The molecule has 1 aromatic carbocycles.